The summed E-state index contributed by atoms with van der Waals surface area (Å²) >= 11 is 5.46. The van der Waals surface area contributed by atoms with E-state index in [2.05, 4.69) is 13.8 Å². The van der Waals surface area contributed by atoms with Crippen LogP contribution in [0.25, 0.3) is 0 Å². The van der Waals surface area contributed by atoms with Gasteiger partial charge in [-0.2, -0.15) is 0 Å². The molecule has 0 aromatic rings. The summed E-state index contributed by atoms with van der Waals surface area (Å²) < 4.78 is 0. The summed E-state index contributed by atoms with van der Waals surface area (Å²) in [6.45, 7) is 17.8. The molecule has 0 unspecified atom stereocenters. The van der Waals surface area contributed by atoms with Gasteiger partial charge in [0.05, 0.1) is 0 Å². The standard InChI is InChI=1S/C9H14ClNO.3C2H6/c1-7-3-4-11(6-8(7)2)9(12)5-10;3*1-2/h3-6H2,1-2H3;3*1-2H3. The third-order valence-electron chi connectivity index (χ3n) is 2.38. The number of halogens is 1. The molecule has 0 N–H and O–H groups in total. The minimum absolute atomic E-state index is 0.0449. The van der Waals surface area contributed by atoms with E-state index >= 15 is 0 Å². The topological polar surface area (TPSA) is 20.3 Å². The molecular weight excluding hydrogens is 246 g/mol. The van der Waals surface area contributed by atoms with E-state index in [0.717, 1.165) is 19.5 Å². The quantitative estimate of drug-likeness (QED) is 0.494. The van der Waals surface area contributed by atoms with Crippen molar-refractivity contribution in [1.29, 1.82) is 0 Å². The molecule has 0 fully saturated rings. The highest BCUT2D eigenvalue weighted by Crippen LogP contribution is 2.16. The van der Waals surface area contributed by atoms with Crippen LogP contribution in [0.2, 0.25) is 0 Å². The summed E-state index contributed by atoms with van der Waals surface area (Å²) in [5.74, 6) is 0.148. The largest absolute Gasteiger partial charge is 0.337 e. The lowest BCUT2D eigenvalue weighted by atomic mass is 10.0. The van der Waals surface area contributed by atoms with Gasteiger partial charge in [0.1, 0.15) is 5.88 Å². The van der Waals surface area contributed by atoms with Gasteiger partial charge in [0, 0.05) is 13.1 Å². The van der Waals surface area contributed by atoms with Crippen LogP contribution in [-0.2, 0) is 4.79 Å². The van der Waals surface area contributed by atoms with Crippen LogP contribution in [0.5, 0.6) is 0 Å². The van der Waals surface area contributed by atoms with Crippen molar-refractivity contribution in [2.75, 3.05) is 19.0 Å². The maximum Gasteiger partial charge on any atom is 0.237 e. The Morgan fingerprint density at radius 3 is 1.83 bits per heavy atom. The van der Waals surface area contributed by atoms with E-state index in [4.69, 9.17) is 11.6 Å². The van der Waals surface area contributed by atoms with Gasteiger partial charge in [0.25, 0.3) is 0 Å². The Morgan fingerprint density at radius 2 is 1.50 bits per heavy atom. The van der Waals surface area contributed by atoms with Crippen LogP contribution in [0.3, 0.4) is 0 Å². The summed E-state index contributed by atoms with van der Waals surface area (Å²) in [5, 5.41) is 0. The van der Waals surface area contributed by atoms with Crippen molar-refractivity contribution in [2.45, 2.75) is 61.8 Å². The number of hydrogen-bond donors (Lipinski definition) is 0. The van der Waals surface area contributed by atoms with Crippen LogP contribution < -0.4 is 0 Å². The van der Waals surface area contributed by atoms with E-state index in [1.807, 2.05) is 46.4 Å². The van der Waals surface area contributed by atoms with E-state index < -0.39 is 0 Å². The molecule has 0 aromatic heterocycles. The average Bonchev–Trinajstić information content (AvgIpc) is 2.47. The molecule has 0 radical (unpaired) electrons. The third kappa shape index (κ3) is 9.52. The van der Waals surface area contributed by atoms with Crippen LogP contribution in [0.1, 0.15) is 61.8 Å². The molecule has 2 nitrogen and oxygen atoms in total. The number of rotatable bonds is 1. The number of carbonyl (C=O) groups excluding carboxylic acids is 1. The number of amides is 1. The van der Waals surface area contributed by atoms with Crippen molar-refractivity contribution in [1.82, 2.24) is 4.90 Å². The molecule has 1 rings (SSSR count). The molecule has 0 aliphatic carbocycles. The minimum atomic E-state index is 0.0449. The molecule has 110 valence electrons. The molecule has 18 heavy (non-hydrogen) atoms. The second-order valence-corrected chi connectivity index (χ2v) is 3.53. The summed E-state index contributed by atoms with van der Waals surface area (Å²) in [6, 6.07) is 0. The van der Waals surface area contributed by atoms with Gasteiger partial charge in [0.2, 0.25) is 5.91 Å². The first-order chi connectivity index (χ1) is 8.65. The highest BCUT2D eigenvalue weighted by Gasteiger charge is 2.17. The lowest BCUT2D eigenvalue weighted by Gasteiger charge is -2.28. The molecule has 0 spiro atoms. The lowest BCUT2D eigenvalue weighted by Crippen LogP contribution is -2.37. The van der Waals surface area contributed by atoms with Crippen LogP contribution >= 0.6 is 11.6 Å². The number of nitrogens with zero attached hydrogens (tertiary/aromatic N) is 1. The molecule has 0 aromatic carbocycles. The van der Waals surface area contributed by atoms with Gasteiger partial charge in [-0.1, -0.05) is 52.7 Å². The molecule has 0 saturated heterocycles. The second-order valence-electron chi connectivity index (χ2n) is 3.26. The van der Waals surface area contributed by atoms with Crippen LogP contribution in [0, 0.1) is 0 Å². The predicted octanol–water partition coefficient (Wildman–Crippen LogP) is 4.87. The zero-order valence-electron chi connectivity index (χ0n) is 13.6. The predicted molar refractivity (Wildman–Crippen MR) is 84.3 cm³/mol. The molecule has 3 heteroatoms. The van der Waals surface area contributed by atoms with Crippen molar-refractivity contribution in [2.24, 2.45) is 0 Å². The fourth-order valence-electron chi connectivity index (χ4n) is 1.31. The van der Waals surface area contributed by atoms with E-state index in [1.165, 1.54) is 11.1 Å². The van der Waals surface area contributed by atoms with E-state index in [0.29, 0.717) is 0 Å². The normalized spacial score (nSPS) is 13.3. The van der Waals surface area contributed by atoms with Crippen molar-refractivity contribution < 1.29 is 4.79 Å². The fourth-order valence-corrected chi connectivity index (χ4v) is 1.48. The molecule has 1 aliphatic rings. The summed E-state index contributed by atoms with van der Waals surface area (Å²) in [4.78, 5) is 13.0. The minimum Gasteiger partial charge on any atom is -0.337 e. The number of carbonyl (C=O) groups is 1. The number of alkyl halides is 1. The maximum atomic E-state index is 11.2. The Balaban J connectivity index is -0.000000328. The molecule has 1 amide bonds. The third-order valence-corrected chi connectivity index (χ3v) is 2.61. The summed E-state index contributed by atoms with van der Waals surface area (Å²) in [6.07, 6.45) is 0.995. The van der Waals surface area contributed by atoms with Gasteiger partial charge >= 0.3 is 0 Å². The Hall–Kier alpha value is -0.500. The second kappa shape index (κ2) is 16.5. The first-order valence-corrected chi connectivity index (χ1v) is 7.67. The van der Waals surface area contributed by atoms with Gasteiger partial charge in [-0.05, 0) is 20.3 Å². The zero-order valence-corrected chi connectivity index (χ0v) is 14.3. The smallest absolute Gasteiger partial charge is 0.237 e. The molecule has 1 heterocycles. The summed E-state index contributed by atoms with van der Waals surface area (Å²) in [7, 11) is 0. The Morgan fingerprint density at radius 1 is 1.06 bits per heavy atom. The molecule has 1 aliphatic heterocycles. The highest BCUT2D eigenvalue weighted by atomic mass is 35.5. The van der Waals surface area contributed by atoms with Gasteiger partial charge in [0.15, 0.2) is 0 Å². The molecule has 0 bridgehead atoms. The Bertz CT molecular complexity index is 225. The van der Waals surface area contributed by atoms with Crippen LogP contribution in [-0.4, -0.2) is 29.8 Å². The van der Waals surface area contributed by atoms with E-state index in [1.54, 1.807) is 0 Å². The van der Waals surface area contributed by atoms with Gasteiger partial charge in [-0.25, -0.2) is 0 Å². The fraction of sp³-hybridized carbons (Fsp3) is 0.800. The van der Waals surface area contributed by atoms with Gasteiger partial charge < -0.3 is 4.90 Å². The number of hydrogen-bond acceptors (Lipinski definition) is 1. The van der Waals surface area contributed by atoms with E-state index in [-0.39, 0.29) is 11.8 Å². The lowest BCUT2D eigenvalue weighted by molar-refractivity contribution is -0.128. The van der Waals surface area contributed by atoms with Crippen molar-refractivity contribution >= 4 is 17.5 Å². The SMILES string of the molecule is CC.CC.CC.CC1=C(C)CN(C(=O)CCl)CC1. The first-order valence-electron chi connectivity index (χ1n) is 7.14. The van der Waals surface area contributed by atoms with Gasteiger partial charge in [-0.3, -0.25) is 4.79 Å². The molecule has 0 atom stereocenters. The van der Waals surface area contributed by atoms with E-state index in [9.17, 15) is 4.79 Å². The van der Waals surface area contributed by atoms with Crippen molar-refractivity contribution in [3.63, 3.8) is 0 Å². The molecular formula is C15H32ClNO. The Labute approximate surface area is 119 Å². The average molecular weight is 278 g/mol. The monoisotopic (exact) mass is 277 g/mol. The maximum absolute atomic E-state index is 11.2. The highest BCUT2D eigenvalue weighted by molar-refractivity contribution is 6.27. The van der Waals surface area contributed by atoms with Crippen molar-refractivity contribution in [3.05, 3.63) is 11.1 Å². The van der Waals surface area contributed by atoms with Gasteiger partial charge in [-0.15, -0.1) is 11.6 Å². The summed E-state index contributed by atoms with van der Waals surface area (Å²) in [5.41, 5.74) is 2.72. The zero-order chi connectivity index (χ0) is 15.1. The van der Waals surface area contributed by atoms with Crippen LogP contribution in [0.4, 0.5) is 0 Å². The molecule has 0 saturated carbocycles. The first kappa shape index (κ1) is 22.7. The Kier molecular flexibility index (Phi) is 20.8. The van der Waals surface area contributed by atoms with Crippen molar-refractivity contribution in [3.8, 4) is 0 Å². The van der Waals surface area contributed by atoms with Crippen LogP contribution in [0.15, 0.2) is 11.1 Å².